The normalized spacial score (nSPS) is 15.1. The van der Waals surface area contributed by atoms with E-state index in [-0.39, 0.29) is 23.5 Å². The number of rotatable bonds is 17. The molecule has 0 heterocycles. The minimum Gasteiger partial charge on any atom is -0.490 e. The molecule has 0 radical (unpaired) electrons. The molecule has 0 aliphatic heterocycles. The van der Waals surface area contributed by atoms with Gasteiger partial charge in [0, 0.05) is 24.3 Å². The van der Waals surface area contributed by atoms with Crippen molar-refractivity contribution in [3.8, 4) is 16.9 Å². The average molecular weight is 537 g/mol. The highest BCUT2D eigenvalue weighted by Gasteiger charge is 2.27. The van der Waals surface area contributed by atoms with E-state index in [9.17, 15) is 8.78 Å². The number of aryl methyl sites for hydroxylation is 1. The SMILES string of the molecule is CCCCCCOc1ccc(-c2cc3c(c(F)c2F)CC(CCCCCOCCCCC)CC3)c(F)c1F. The zero-order valence-corrected chi connectivity index (χ0v) is 23.2. The molecule has 0 amide bonds. The van der Waals surface area contributed by atoms with E-state index < -0.39 is 23.3 Å². The molecule has 0 aromatic heterocycles. The number of ether oxygens (including phenoxy) is 2. The lowest BCUT2D eigenvalue weighted by Gasteiger charge is -2.26. The van der Waals surface area contributed by atoms with E-state index in [2.05, 4.69) is 13.8 Å². The van der Waals surface area contributed by atoms with Gasteiger partial charge in [0.2, 0.25) is 5.82 Å². The maximum atomic E-state index is 15.2. The second-order valence-corrected chi connectivity index (χ2v) is 10.6. The van der Waals surface area contributed by atoms with Crippen LogP contribution in [0.5, 0.6) is 5.75 Å². The van der Waals surface area contributed by atoms with Crippen LogP contribution < -0.4 is 4.74 Å². The molecule has 2 aromatic carbocycles. The van der Waals surface area contributed by atoms with Gasteiger partial charge in [0.25, 0.3) is 0 Å². The van der Waals surface area contributed by atoms with Gasteiger partial charge in [-0.3, -0.25) is 0 Å². The number of fused-ring (bicyclic) bond motifs is 1. The maximum absolute atomic E-state index is 15.2. The summed E-state index contributed by atoms with van der Waals surface area (Å²) >= 11 is 0. The standard InChI is InChI=1S/C32H44F4O2/c1-3-5-7-12-20-38-28-17-16-25(29(33)32(28)36)27-22-24-15-14-23(21-26(24)30(34)31(27)35)13-9-8-11-19-37-18-10-6-4-2/h16-17,22-23H,3-15,18-21H2,1-2H3. The molecular weight excluding hydrogens is 492 g/mol. The molecule has 0 spiro atoms. The number of hydrogen-bond donors (Lipinski definition) is 0. The molecule has 0 saturated carbocycles. The quantitative estimate of drug-likeness (QED) is 0.148. The van der Waals surface area contributed by atoms with E-state index in [1.165, 1.54) is 31.0 Å². The van der Waals surface area contributed by atoms with E-state index in [0.29, 0.717) is 29.9 Å². The summed E-state index contributed by atoms with van der Waals surface area (Å²) in [5, 5.41) is 0. The van der Waals surface area contributed by atoms with E-state index in [4.69, 9.17) is 9.47 Å². The van der Waals surface area contributed by atoms with Crippen LogP contribution in [0.4, 0.5) is 17.6 Å². The Labute approximate surface area is 226 Å². The van der Waals surface area contributed by atoms with Crippen LogP contribution in [0.2, 0.25) is 0 Å². The summed E-state index contributed by atoms with van der Waals surface area (Å²) in [4.78, 5) is 0. The summed E-state index contributed by atoms with van der Waals surface area (Å²) in [5.74, 6) is -4.32. The number of hydrogen-bond acceptors (Lipinski definition) is 2. The fraction of sp³-hybridized carbons (Fsp3) is 0.625. The van der Waals surface area contributed by atoms with E-state index in [1.54, 1.807) is 0 Å². The number of unbranched alkanes of at least 4 members (excludes halogenated alkanes) is 7. The molecule has 6 heteroatoms. The lowest BCUT2D eigenvalue weighted by molar-refractivity contribution is 0.125. The molecule has 1 atom stereocenters. The molecule has 1 aliphatic carbocycles. The topological polar surface area (TPSA) is 18.5 Å². The van der Waals surface area contributed by atoms with Crippen LogP contribution in [0.3, 0.4) is 0 Å². The second-order valence-electron chi connectivity index (χ2n) is 10.6. The Balaban J connectivity index is 1.58. The van der Waals surface area contributed by atoms with Gasteiger partial charge in [-0.25, -0.2) is 13.2 Å². The zero-order chi connectivity index (χ0) is 27.3. The molecule has 0 saturated heterocycles. The monoisotopic (exact) mass is 536 g/mol. The van der Waals surface area contributed by atoms with Crippen molar-refractivity contribution in [1.29, 1.82) is 0 Å². The molecule has 1 unspecified atom stereocenters. The van der Waals surface area contributed by atoms with E-state index in [0.717, 1.165) is 77.4 Å². The van der Waals surface area contributed by atoms with Crippen molar-refractivity contribution in [2.75, 3.05) is 19.8 Å². The average Bonchev–Trinajstić information content (AvgIpc) is 2.92. The van der Waals surface area contributed by atoms with E-state index in [1.807, 2.05) is 0 Å². The Hall–Kier alpha value is -2.08. The Morgan fingerprint density at radius 3 is 2.13 bits per heavy atom. The van der Waals surface area contributed by atoms with Gasteiger partial charge in [-0.05, 0) is 73.8 Å². The maximum Gasteiger partial charge on any atom is 0.201 e. The van der Waals surface area contributed by atoms with Gasteiger partial charge in [-0.15, -0.1) is 0 Å². The van der Waals surface area contributed by atoms with Crippen molar-refractivity contribution in [2.45, 2.75) is 104 Å². The molecule has 3 rings (SSSR count). The minimum absolute atomic E-state index is 0.201. The summed E-state index contributed by atoms with van der Waals surface area (Å²) in [6, 6.07) is 4.09. The van der Waals surface area contributed by atoms with Crippen LogP contribution in [0.25, 0.3) is 11.1 Å². The Morgan fingerprint density at radius 2 is 1.37 bits per heavy atom. The summed E-state index contributed by atoms with van der Waals surface area (Å²) in [6.45, 7) is 6.15. The zero-order valence-electron chi connectivity index (χ0n) is 23.2. The second kappa shape index (κ2) is 16.1. The van der Waals surface area contributed by atoms with Gasteiger partial charge in [0.1, 0.15) is 0 Å². The summed E-state index contributed by atoms with van der Waals surface area (Å²) in [6.07, 6.45) is 13.4. The molecule has 212 valence electrons. The Kier molecular flexibility index (Phi) is 12.9. The van der Waals surface area contributed by atoms with Crippen LogP contribution in [0.15, 0.2) is 18.2 Å². The third-order valence-electron chi connectivity index (χ3n) is 7.60. The molecule has 1 aliphatic rings. The van der Waals surface area contributed by atoms with Gasteiger partial charge in [-0.1, -0.05) is 65.2 Å². The molecule has 0 fully saturated rings. The molecule has 38 heavy (non-hydrogen) atoms. The van der Waals surface area contributed by atoms with Gasteiger partial charge in [0.05, 0.1) is 6.61 Å². The fourth-order valence-corrected chi connectivity index (χ4v) is 5.29. The third kappa shape index (κ3) is 8.46. The summed E-state index contributed by atoms with van der Waals surface area (Å²) < 4.78 is 71.0. The van der Waals surface area contributed by atoms with Crippen LogP contribution in [0.1, 0.15) is 102 Å². The first-order valence-electron chi connectivity index (χ1n) is 14.7. The number of benzene rings is 2. The fourth-order valence-electron chi connectivity index (χ4n) is 5.29. The molecule has 2 nitrogen and oxygen atoms in total. The predicted molar refractivity (Wildman–Crippen MR) is 146 cm³/mol. The third-order valence-corrected chi connectivity index (χ3v) is 7.60. The van der Waals surface area contributed by atoms with Crippen molar-refractivity contribution >= 4 is 0 Å². The highest BCUT2D eigenvalue weighted by molar-refractivity contribution is 5.68. The van der Waals surface area contributed by atoms with Crippen molar-refractivity contribution in [3.63, 3.8) is 0 Å². The molecule has 0 N–H and O–H groups in total. The van der Waals surface area contributed by atoms with Crippen molar-refractivity contribution in [3.05, 3.63) is 52.6 Å². The summed E-state index contributed by atoms with van der Waals surface area (Å²) in [7, 11) is 0. The molecule has 2 aromatic rings. The predicted octanol–water partition coefficient (Wildman–Crippen LogP) is 9.74. The Morgan fingerprint density at radius 1 is 0.711 bits per heavy atom. The first-order chi connectivity index (χ1) is 18.5. The van der Waals surface area contributed by atoms with Crippen LogP contribution in [-0.2, 0) is 17.6 Å². The van der Waals surface area contributed by atoms with Gasteiger partial charge < -0.3 is 9.47 Å². The smallest absolute Gasteiger partial charge is 0.201 e. The van der Waals surface area contributed by atoms with Crippen LogP contribution in [0, 0.1) is 29.2 Å². The van der Waals surface area contributed by atoms with Crippen molar-refractivity contribution in [1.82, 2.24) is 0 Å². The molecule has 0 bridgehead atoms. The summed E-state index contributed by atoms with van der Waals surface area (Å²) in [5.41, 5.74) is 0.560. The van der Waals surface area contributed by atoms with Crippen LogP contribution in [-0.4, -0.2) is 19.8 Å². The van der Waals surface area contributed by atoms with Gasteiger partial charge in [0.15, 0.2) is 23.2 Å². The highest BCUT2D eigenvalue weighted by atomic mass is 19.2. The highest BCUT2D eigenvalue weighted by Crippen LogP contribution is 2.38. The lowest BCUT2D eigenvalue weighted by Crippen LogP contribution is -2.17. The van der Waals surface area contributed by atoms with Crippen molar-refractivity contribution in [2.24, 2.45) is 5.92 Å². The first kappa shape index (κ1) is 30.5. The number of halogens is 4. The van der Waals surface area contributed by atoms with Gasteiger partial charge in [-0.2, -0.15) is 4.39 Å². The van der Waals surface area contributed by atoms with Crippen molar-refractivity contribution < 1.29 is 27.0 Å². The Bertz CT molecular complexity index is 1010. The molecular formula is C32H44F4O2. The van der Waals surface area contributed by atoms with Gasteiger partial charge >= 0.3 is 0 Å². The van der Waals surface area contributed by atoms with E-state index >= 15 is 8.78 Å². The largest absolute Gasteiger partial charge is 0.490 e. The van der Waals surface area contributed by atoms with Crippen LogP contribution >= 0.6 is 0 Å². The first-order valence-corrected chi connectivity index (χ1v) is 14.7. The lowest BCUT2D eigenvalue weighted by atomic mass is 9.80. The minimum atomic E-state index is -1.21.